The molecule has 1 aliphatic rings. The second-order valence-electron chi connectivity index (χ2n) is 7.11. The maximum atomic E-state index is 12.3. The molecule has 0 aromatic carbocycles. The maximum Gasteiger partial charge on any atom is 0.241 e. The van der Waals surface area contributed by atoms with Crippen LogP contribution in [0, 0.1) is 6.92 Å². The average molecular weight is 352 g/mol. The Balaban J connectivity index is 1.83. The van der Waals surface area contributed by atoms with E-state index in [1.807, 2.05) is 13.0 Å². The number of rotatable bonds is 6. The number of amides is 2. The topological polar surface area (TPSA) is 96.7 Å². The second-order valence-corrected chi connectivity index (χ2v) is 7.11. The first-order chi connectivity index (χ1) is 11.7. The molecule has 2 N–H and O–H groups in total. The van der Waals surface area contributed by atoms with Crippen molar-refractivity contribution >= 4 is 11.8 Å². The SMILES string of the molecule is Cc1ccnn1CC(=O)NCC1CN(C(=O)CC(C)(C)O)CCCO1. The van der Waals surface area contributed by atoms with Gasteiger partial charge in [-0.25, -0.2) is 0 Å². The Bertz CT molecular complexity index is 594. The number of carbonyl (C=O) groups is 2. The van der Waals surface area contributed by atoms with Gasteiger partial charge in [-0.2, -0.15) is 5.10 Å². The molecule has 1 aromatic rings. The van der Waals surface area contributed by atoms with E-state index in [4.69, 9.17) is 4.74 Å². The summed E-state index contributed by atoms with van der Waals surface area (Å²) in [6.07, 6.45) is 2.22. The number of nitrogens with one attached hydrogen (secondary N) is 1. The number of carbonyl (C=O) groups excluding carboxylic acids is 2. The zero-order chi connectivity index (χ0) is 18.4. The third-order valence-electron chi connectivity index (χ3n) is 4.04. The van der Waals surface area contributed by atoms with Crippen LogP contribution in [0.3, 0.4) is 0 Å². The predicted molar refractivity (Wildman–Crippen MR) is 91.8 cm³/mol. The Morgan fingerprint density at radius 2 is 2.24 bits per heavy atom. The Kier molecular flexibility index (Phi) is 6.55. The van der Waals surface area contributed by atoms with Crippen LogP contribution in [0.2, 0.25) is 0 Å². The van der Waals surface area contributed by atoms with Gasteiger partial charge in [-0.1, -0.05) is 0 Å². The third kappa shape index (κ3) is 6.47. The Morgan fingerprint density at radius 3 is 2.88 bits per heavy atom. The number of aromatic nitrogens is 2. The van der Waals surface area contributed by atoms with Crippen LogP contribution in [0.25, 0.3) is 0 Å². The second kappa shape index (κ2) is 8.44. The maximum absolute atomic E-state index is 12.3. The zero-order valence-corrected chi connectivity index (χ0v) is 15.2. The first-order valence-electron chi connectivity index (χ1n) is 8.61. The van der Waals surface area contributed by atoms with Crippen molar-refractivity contribution in [2.75, 3.05) is 26.2 Å². The molecular formula is C17H28N4O4. The van der Waals surface area contributed by atoms with Gasteiger partial charge >= 0.3 is 0 Å². The van der Waals surface area contributed by atoms with Crippen molar-refractivity contribution in [3.8, 4) is 0 Å². The predicted octanol–water partition coefficient (Wildman–Crippen LogP) is 0.0862. The lowest BCUT2D eigenvalue weighted by atomic mass is 10.0. The van der Waals surface area contributed by atoms with Crippen LogP contribution in [0.5, 0.6) is 0 Å². The summed E-state index contributed by atoms with van der Waals surface area (Å²) in [5, 5.41) is 16.8. The van der Waals surface area contributed by atoms with Gasteiger partial charge in [0.05, 0.1) is 18.1 Å². The standard InChI is InChI=1S/C17H28N4O4/c1-13-5-6-19-21(13)12-15(22)18-10-14-11-20(7-4-8-25-14)16(23)9-17(2,3)24/h5-6,14,24H,4,7-12H2,1-3H3,(H,18,22). The number of aliphatic hydroxyl groups is 1. The molecule has 1 unspecified atom stereocenters. The number of ether oxygens (including phenoxy) is 1. The molecule has 1 saturated heterocycles. The van der Waals surface area contributed by atoms with Gasteiger partial charge in [0, 0.05) is 38.1 Å². The van der Waals surface area contributed by atoms with Crippen LogP contribution in [0.15, 0.2) is 12.3 Å². The van der Waals surface area contributed by atoms with Gasteiger partial charge in [-0.05, 0) is 33.3 Å². The van der Waals surface area contributed by atoms with Crippen LogP contribution in [0.1, 0.15) is 32.4 Å². The minimum Gasteiger partial charge on any atom is -0.390 e. The van der Waals surface area contributed by atoms with Crippen LogP contribution in [-0.4, -0.2) is 69.5 Å². The van der Waals surface area contributed by atoms with Crippen molar-refractivity contribution in [3.05, 3.63) is 18.0 Å². The number of aryl methyl sites for hydroxylation is 1. The first kappa shape index (κ1) is 19.4. The molecule has 8 heteroatoms. The smallest absolute Gasteiger partial charge is 0.241 e. The highest BCUT2D eigenvalue weighted by Crippen LogP contribution is 2.13. The minimum atomic E-state index is -1.03. The molecule has 0 aliphatic carbocycles. The highest BCUT2D eigenvalue weighted by atomic mass is 16.5. The summed E-state index contributed by atoms with van der Waals surface area (Å²) in [5.74, 6) is -0.240. The van der Waals surface area contributed by atoms with E-state index in [9.17, 15) is 14.7 Å². The number of nitrogens with zero attached hydrogens (tertiary/aromatic N) is 3. The van der Waals surface area contributed by atoms with E-state index in [1.165, 1.54) is 0 Å². The molecule has 1 aliphatic heterocycles. The molecule has 140 valence electrons. The van der Waals surface area contributed by atoms with E-state index in [1.54, 1.807) is 29.6 Å². The van der Waals surface area contributed by atoms with Crippen molar-refractivity contribution in [2.45, 2.75) is 51.9 Å². The normalized spacial score (nSPS) is 18.7. The quantitative estimate of drug-likeness (QED) is 0.756. The molecular weight excluding hydrogens is 324 g/mol. The van der Waals surface area contributed by atoms with E-state index in [0.717, 1.165) is 12.1 Å². The lowest BCUT2D eigenvalue weighted by Crippen LogP contribution is -2.44. The molecule has 2 rings (SSSR count). The van der Waals surface area contributed by atoms with E-state index >= 15 is 0 Å². The van der Waals surface area contributed by atoms with Gasteiger partial charge in [-0.15, -0.1) is 0 Å². The lowest BCUT2D eigenvalue weighted by Gasteiger charge is -2.27. The molecule has 0 saturated carbocycles. The molecule has 1 aromatic heterocycles. The van der Waals surface area contributed by atoms with Gasteiger partial charge in [0.15, 0.2) is 0 Å². The van der Waals surface area contributed by atoms with E-state index in [2.05, 4.69) is 10.4 Å². The molecule has 1 fully saturated rings. The van der Waals surface area contributed by atoms with Crippen molar-refractivity contribution in [2.24, 2.45) is 0 Å². The van der Waals surface area contributed by atoms with Gasteiger partial charge in [-0.3, -0.25) is 14.3 Å². The van der Waals surface area contributed by atoms with Gasteiger partial charge in [0.1, 0.15) is 6.54 Å². The van der Waals surface area contributed by atoms with Crippen LogP contribution >= 0.6 is 0 Å². The van der Waals surface area contributed by atoms with E-state index < -0.39 is 5.60 Å². The zero-order valence-electron chi connectivity index (χ0n) is 15.2. The van der Waals surface area contributed by atoms with Crippen molar-refractivity contribution < 1.29 is 19.4 Å². The van der Waals surface area contributed by atoms with Gasteiger partial charge < -0.3 is 20.1 Å². The number of hydrogen-bond acceptors (Lipinski definition) is 5. The van der Waals surface area contributed by atoms with E-state index in [-0.39, 0.29) is 30.9 Å². The Morgan fingerprint density at radius 1 is 1.48 bits per heavy atom. The molecule has 2 heterocycles. The molecule has 2 amide bonds. The molecule has 1 atom stereocenters. The minimum absolute atomic E-state index is 0.0741. The van der Waals surface area contributed by atoms with Crippen molar-refractivity contribution in [3.63, 3.8) is 0 Å². The summed E-state index contributed by atoms with van der Waals surface area (Å²) in [6.45, 7) is 7.19. The van der Waals surface area contributed by atoms with E-state index in [0.29, 0.717) is 26.2 Å². The van der Waals surface area contributed by atoms with Gasteiger partial charge in [0.25, 0.3) is 0 Å². The average Bonchev–Trinajstić information content (AvgIpc) is 2.77. The van der Waals surface area contributed by atoms with Gasteiger partial charge in [0.2, 0.25) is 11.8 Å². The largest absolute Gasteiger partial charge is 0.390 e. The van der Waals surface area contributed by atoms with Crippen molar-refractivity contribution in [1.82, 2.24) is 20.0 Å². The van der Waals surface area contributed by atoms with Crippen LogP contribution in [0.4, 0.5) is 0 Å². The Hall–Kier alpha value is -1.93. The fourth-order valence-corrected chi connectivity index (χ4v) is 2.71. The Labute approximate surface area is 148 Å². The fraction of sp³-hybridized carbons (Fsp3) is 0.706. The lowest BCUT2D eigenvalue weighted by molar-refractivity contribution is -0.136. The molecule has 0 spiro atoms. The number of hydrogen-bond donors (Lipinski definition) is 2. The fourth-order valence-electron chi connectivity index (χ4n) is 2.71. The molecule has 0 bridgehead atoms. The monoisotopic (exact) mass is 352 g/mol. The van der Waals surface area contributed by atoms with Crippen LogP contribution < -0.4 is 5.32 Å². The summed E-state index contributed by atoms with van der Waals surface area (Å²) in [4.78, 5) is 26.1. The molecule has 0 radical (unpaired) electrons. The third-order valence-corrected chi connectivity index (χ3v) is 4.04. The summed E-state index contributed by atoms with van der Waals surface area (Å²) >= 11 is 0. The van der Waals surface area contributed by atoms with Crippen molar-refractivity contribution in [1.29, 1.82) is 0 Å². The first-order valence-corrected chi connectivity index (χ1v) is 8.61. The molecule has 25 heavy (non-hydrogen) atoms. The highest BCUT2D eigenvalue weighted by Gasteiger charge is 2.26. The molecule has 8 nitrogen and oxygen atoms in total. The summed E-state index contributed by atoms with van der Waals surface area (Å²) in [7, 11) is 0. The summed E-state index contributed by atoms with van der Waals surface area (Å²) in [6, 6.07) is 1.84. The summed E-state index contributed by atoms with van der Waals surface area (Å²) in [5.41, 5.74) is -0.112. The summed E-state index contributed by atoms with van der Waals surface area (Å²) < 4.78 is 7.36. The highest BCUT2D eigenvalue weighted by molar-refractivity contribution is 5.77. The van der Waals surface area contributed by atoms with Crippen LogP contribution in [-0.2, 0) is 20.9 Å².